The van der Waals surface area contributed by atoms with E-state index in [1.54, 1.807) is 6.33 Å². The summed E-state index contributed by atoms with van der Waals surface area (Å²) in [5, 5.41) is 3.77. The smallest absolute Gasteiger partial charge is 0.134 e. The van der Waals surface area contributed by atoms with E-state index >= 15 is 0 Å². The van der Waals surface area contributed by atoms with Gasteiger partial charge < -0.3 is 19.9 Å². The molecule has 3 heterocycles. The molecule has 0 radical (unpaired) electrons. The molecule has 3 fully saturated rings. The van der Waals surface area contributed by atoms with Crippen LogP contribution in [0, 0.1) is 11.8 Å². The van der Waals surface area contributed by atoms with E-state index in [9.17, 15) is 0 Å². The number of anilines is 3. The fraction of sp³-hybridized carbons (Fsp3) is 0.524. The summed E-state index contributed by atoms with van der Waals surface area (Å²) in [4.78, 5) is 13.8. The van der Waals surface area contributed by atoms with Gasteiger partial charge in [-0.2, -0.15) is 0 Å². The van der Waals surface area contributed by atoms with Gasteiger partial charge in [0.1, 0.15) is 18.0 Å². The minimum absolute atomic E-state index is 0.558. The molecular weight excluding hydrogens is 338 g/mol. The van der Waals surface area contributed by atoms with Gasteiger partial charge in [-0.1, -0.05) is 18.2 Å². The maximum atomic E-state index is 5.46. The van der Waals surface area contributed by atoms with E-state index in [1.807, 2.05) is 0 Å². The first-order valence-electron chi connectivity index (χ1n) is 10.1. The molecule has 142 valence electrons. The van der Waals surface area contributed by atoms with Crippen molar-refractivity contribution in [3.05, 3.63) is 42.7 Å². The SMILES string of the molecule is c1ccc(NC2CCC3CN(c4cc(N5CCOCC5)ncn4)CC32)cc1. The average molecular weight is 365 g/mol. The highest BCUT2D eigenvalue weighted by molar-refractivity contribution is 5.52. The number of rotatable bonds is 4. The molecule has 2 aromatic rings. The monoisotopic (exact) mass is 365 g/mol. The van der Waals surface area contributed by atoms with Crippen LogP contribution in [-0.4, -0.2) is 55.4 Å². The normalized spacial score (nSPS) is 27.6. The molecule has 1 aliphatic carbocycles. The number of para-hydroxylation sites is 1. The first-order chi connectivity index (χ1) is 13.4. The molecule has 3 unspecified atom stereocenters. The molecule has 5 rings (SSSR count). The molecule has 1 aromatic carbocycles. The van der Waals surface area contributed by atoms with Gasteiger partial charge in [-0.3, -0.25) is 0 Å². The number of hydrogen-bond donors (Lipinski definition) is 1. The fourth-order valence-corrected chi connectivity index (χ4v) is 4.86. The van der Waals surface area contributed by atoms with Crippen molar-refractivity contribution in [1.29, 1.82) is 0 Å². The van der Waals surface area contributed by atoms with Gasteiger partial charge >= 0.3 is 0 Å². The number of benzene rings is 1. The number of fused-ring (bicyclic) bond motifs is 1. The Bertz CT molecular complexity index is 764. The zero-order chi connectivity index (χ0) is 18.1. The van der Waals surface area contributed by atoms with Crippen LogP contribution < -0.4 is 15.1 Å². The molecule has 6 nitrogen and oxygen atoms in total. The molecule has 0 amide bonds. The molecular formula is C21H27N5O. The van der Waals surface area contributed by atoms with Crippen molar-refractivity contribution < 1.29 is 4.74 Å². The number of nitrogens with one attached hydrogen (secondary N) is 1. The molecule has 2 saturated heterocycles. The van der Waals surface area contributed by atoms with E-state index < -0.39 is 0 Å². The van der Waals surface area contributed by atoms with Crippen molar-refractivity contribution in [2.75, 3.05) is 54.5 Å². The van der Waals surface area contributed by atoms with Crippen molar-refractivity contribution >= 4 is 17.3 Å². The topological polar surface area (TPSA) is 53.5 Å². The van der Waals surface area contributed by atoms with Gasteiger partial charge in [0.25, 0.3) is 0 Å². The molecule has 3 atom stereocenters. The zero-order valence-electron chi connectivity index (χ0n) is 15.6. The second kappa shape index (κ2) is 7.35. The Morgan fingerprint density at radius 3 is 2.52 bits per heavy atom. The predicted molar refractivity (Wildman–Crippen MR) is 107 cm³/mol. The van der Waals surface area contributed by atoms with Gasteiger partial charge in [0, 0.05) is 49.9 Å². The molecule has 1 aromatic heterocycles. The number of hydrogen-bond acceptors (Lipinski definition) is 6. The molecule has 0 bridgehead atoms. The van der Waals surface area contributed by atoms with Crippen LogP contribution in [0.2, 0.25) is 0 Å². The predicted octanol–water partition coefficient (Wildman–Crippen LogP) is 2.64. The quantitative estimate of drug-likeness (QED) is 0.899. The highest BCUT2D eigenvalue weighted by atomic mass is 16.5. The van der Waals surface area contributed by atoms with Crippen LogP contribution in [0.3, 0.4) is 0 Å². The van der Waals surface area contributed by atoms with Crippen LogP contribution in [0.15, 0.2) is 42.7 Å². The van der Waals surface area contributed by atoms with E-state index in [0.29, 0.717) is 12.0 Å². The van der Waals surface area contributed by atoms with Crippen LogP contribution in [0.1, 0.15) is 12.8 Å². The van der Waals surface area contributed by atoms with Crippen molar-refractivity contribution in [3.63, 3.8) is 0 Å². The van der Waals surface area contributed by atoms with Crippen LogP contribution >= 0.6 is 0 Å². The first kappa shape index (κ1) is 16.8. The number of morpholine rings is 1. The Morgan fingerprint density at radius 1 is 0.926 bits per heavy atom. The summed E-state index contributed by atoms with van der Waals surface area (Å²) in [5.41, 5.74) is 1.23. The van der Waals surface area contributed by atoms with Crippen molar-refractivity contribution in [2.45, 2.75) is 18.9 Å². The van der Waals surface area contributed by atoms with E-state index in [-0.39, 0.29) is 0 Å². The standard InChI is InChI=1S/C21H27N5O/c1-2-4-17(5-3-1)24-19-7-6-16-13-26(14-18(16)19)21-12-20(22-15-23-21)25-8-10-27-11-9-25/h1-5,12,15-16,18-19,24H,6-11,13-14H2. The van der Waals surface area contributed by atoms with Crippen LogP contribution in [0.25, 0.3) is 0 Å². The lowest BCUT2D eigenvalue weighted by Gasteiger charge is -2.28. The third-order valence-electron chi connectivity index (χ3n) is 6.28. The highest BCUT2D eigenvalue weighted by Crippen LogP contribution is 2.41. The van der Waals surface area contributed by atoms with Crippen LogP contribution in [0.5, 0.6) is 0 Å². The lowest BCUT2D eigenvalue weighted by Crippen LogP contribution is -2.37. The third kappa shape index (κ3) is 3.46. The van der Waals surface area contributed by atoms with E-state index in [4.69, 9.17) is 4.74 Å². The highest BCUT2D eigenvalue weighted by Gasteiger charge is 2.43. The summed E-state index contributed by atoms with van der Waals surface area (Å²) < 4.78 is 5.46. The van der Waals surface area contributed by atoms with Gasteiger partial charge in [0.15, 0.2) is 0 Å². The first-order valence-corrected chi connectivity index (χ1v) is 10.1. The Morgan fingerprint density at radius 2 is 1.70 bits per heavy atom. The van der Waals surface area contributed by atoms with Gasteiger partial charge in [-0.15, -0.1) is 0 Å². The number of nitrogens with zero attached hydrogens (tertiary/aromatic N) is 4. The second-order valence-corrected chi connectivity index (χ2v) is 7.86. The molecule has 2 aliphatic heterocycles. The minimum Gasteiger partial charge on any atom is -0.382 e. The second-order valence-electron chi connectivity index (χ2n) is 7.86. The maximum Gasteiger partial charge on any atom is 0.134 e. The zero-order valence-corrected chi connectivity index (χ0v) is 15.6. The summed E-state index contributed by atoms with van der Waals surface area (Å²) in [7, 11) is 0. The Labute approximate surface area is 160 Å². The summed E-state index contributed by atoms with van der Waals surface area (Å²) in [6.07, 6.45) is 4.28. The molecule has 1 N–H and O–H groups in total. The van der Waals surface area contributed by atoms with E-state index in [2.05, 4.69) is 61.5 Å². The molecule has 27 heavy (non-hydrogen) atoms. The molecule has 3 aliphatic rings. The van der Waals surface area contributed by atoms with E-state index in [0.717, 1.165) is 56.9 Å². The average Bonchev–Trinajstić information content (AvgIpc) is 3.32. The lowest BCUT2D eigenvalue weighted by molar-refractivity contribution is 0.122. The Kier molecular flexibility index (Phi) is 4.57. The summed E-state index contributed by atoms with van der Waals surface area (Å²) in [6, 6.07) is 13.3. The lowest BCUT2D eigenvalue weighted by atomic mass is 9.97. The number of aromatic nitrogens is 2. The summed E-state index contributed by atoms with van der Waals surface area (Å²) in [5.74, 6) is 3.54. The van der Waals surface area contributed by atoms with Crippen molar-refractivity contribution in [1.82, 2.24) is 9.97 Å². The molecule has 0 spiro atoms. The molecule has 6 heteroatoms. The van der Waals surface area contributed by atoms with Crippen LogP contribution in [0.4, 0.5) is 17.3 Å². The van der Waals surface area contributed by atoms with Gasteiger partial charge in [-0.05, 0) is 30.9 Å². The third-order valence-corrected chi connectivity index (χ3v) is 6.28. The van der Waals surface area contributed by atoms with Gasteiger partial charge in [0.05, 0.1) is 13.2 Å². The summed E-state index contributed by atoms with van der Waals surface area (Å²) in [6.45, 7) is 5.56. The largest absolute Gasteiger partial charge is 0.382 e. The Hall–Kier alpha value is -2.34. The minimum atomic E-state index is 0.558. The number of ether oxygens (including phenoxy) is 1. The van der Waals surface area contributed by atoms with Gasteiger partial charge in [-0.25, -0.2) is 9.97 Å². The maximum absolute atomic E-state index is 5.46. The van der Waals surface area contributed by atoms with Crippen molar-refractivity contribution in [3.8, 4) is 0 Å². The van der Waals surface area contributed by atoms with E-state index in [1.165, 1.54) is 18.5 Å². The van der Waals surface area contributed by atoms with Crippen molar-refractivity contribution in [2.24, 2.45) is 11.8 Å². The Balaban J connectivity index is 1.28. The summed E-state index contributed by atoms with van der Waals surface area (Å²) >= 11 is 0. The van der Waals surface area contributed by atoms with Gasteiger partial charge in [0.2, 0.25) is 0 Å². The fourth-order valence-electron chi connectivity index (χ4n) is 4.86. The van der Waals surface area contributed by atoms with Crippen LogP contribution in [-0.2, 0) is 4.74 Å². The molecule has 1 saturated carbocycles.